The molecule has 5 N–H and O–H groups in total. The van der Waals surface area contributed by atoms with Crippen molar-refractivity contribution in [3.8, 4) is 52.2 Å². The Kier molecular flexibility index (Phi) is 19.2. The fourth-order valence-corrected chi connectivity index (χ4v) is 12.3. The summed E-state index contributed by atoms with van der Waals surface area (Å²) in [6.45, 7) is 6.45. The minimum absolute atomic E-state index is 0.00767. The van der Waals surface area contributed by atoms with Crippen molar-refractivity contribution in [1.82, 2.24) is 43.4 Å². The van der Waals surface area contributed by atoms with E-state index >= 15 is 0 Å². The van der Waals surface area contributed by atoms with Crippen molar-refractivity contribution in [1.29, 1.82) is 0 Å². The first-order valence-corrected chi connectivity index (χ1v) is 30.6. The fourth-order valence-electron chi connectivity index (χ4n) is 12.0. The first-order valence-electron chi connectivity index (χ1n) is 30.2. The number of methoxy groups -OCH3 is 1. The number of nitrogens with zero attached hydrogens (tertiary/aromatic N) is 12. The maximum absolute atomic E-state index is 14.0. The zero-order chi connectivity index (χ0) is 71.6. The number of fused-ring (bicyclic) bond motifs is 6. The summed E-state index contributed by atoms with van der Waals surface area (Å²) in [5, 5.41) is 58.8. The van der Waals surface area contributed by atoms with E-state index in [1.807, 2.05) is 75.4 Å². The van der Waals surface area contributed by atoms with Gasteiger partial charge >= 0.3 is 6.36 Å². The molecule has 32 heteroatoms. The number of imidazole rings is 1. The number of rotatable bonds is 15. The largest absolute Gasteiger partial charge is 0.573 e. The number of aromatic amines is 1. The van der Waals surface area contributed by atoms with E-state index in [0.29, 0.717) is 73.3 Å². The highest BCUT2D eigenvalue weighted by molar-refractivity contribution is 6.31. The van der Waals surface area contributed by atoms with Crippen LogP contribution in [0.25, 0.3) is 66.1 Å². The lowest BCUT2D eigenvalue weighted by Gasteiger charge is -2.21. The molecule has 0 unspecified atom stereocenters. The molecule has 1 aliphatic rings. The Balaban J connectivity index is 0.000000128. The average Bonchev–Trinajstić information content (AvgIpc) is 1.67. The second-order valence-corrected chi connectivity index (χ2v) is 23.2. The molecule has 1 aliphatic heterocycles. The van der Waals surface area contributed by atoms with E-state index < -0.39 is 35.3 Å². The molecular weight excluding hydrogens is 1350 g/mol. The van der Waals surface area contributed by atoms with Gasteiger partial charge in [-0.25, -0.2) is 13.8 Å². The number of ether oxygens (including phenoxy) is 4. The molecule has 514 valence electrons. The third-order valence-corrected chi connectivity index (χ3v) is 16.4. The molecule has 7 aromatic heterocycles. The predicted octanol–water partition coefficient (Wildman–Crippen LogP) is 17.1. The van der Waals surface area contributed by atoms with E-state index in [9.17, 15) is 62.0 Å². The van der Waals surface area contributed by atoms with Crippen LogP contribution in [-0.4, -0.2) is 84.1 Å². The van der Waals surface area contributed by atoms with Crippen molar-refractivity contribution in [2.45, 2.75) is 59.9 Å². The quantitative estimate of drug-likeness (QED) is 0.0470. The van der Waals surface area contributed by atoms with Crippen molar-refractivity contribution < 1.29 is 65.8 Å². The van der Waals surface area contributed by atoms with Gasteiger partial charge in [0.05, 0.1) is 78.7 Å². The minimum Gasteiger partial charge on any atom is -0.497 e. The first-order chi connectivity index (χ1) is 48.6. The maximum Gasteiger partial charge on any atom is 0.573 e. The van der Waals surface area contributed by atoms with Crippen molar-refractivity contribution in [2.75, 3.05) is 13.9 Å². The monoisotopic (exact) mass is 1400 g/mol. The molecule has 0 amide bonds. The van der Waals surface area contributed by atoms with Gasteiger partial charge in [0.2, 0.25) is 23.5 Å². The Morgan fingerprint density at radius 3 is 1.87 bits per heavy atom. The van der Waals surface area contributed by atoms with Crippen molar-refractivity contribution >= 4 is 89.0 Å². The number of hydrogen-bond acceptors (Lipinski definition) is 21. The van der Waals surface area contributed by atoms with Gasteiger partial charge in [0.15, 0.2) is 35.4 Å². The molecule has 0 saturated carbocycles. The maximum atomic E-state index is 14.0. The number of pyridine rings is 1. The number of aryl methyl sites for hydroxylation is 3. The van der Waals surface area contributed by atoms with Gasteiger partial charge in [-0.3, -0.25) is 4.98 Å². The van der Waals surface area contributed by atoms with Crippen molar-refractivity contribution in [3.05, 3.63) is 227 Å². The Morgan fingerprint density at radius 2 is 1.22 bits per heavy atom. The lowest BCUT2D eigenvalue weighted by atomic mass is 10.1. The summed E-state index contributed by atoms with van der Waals surface area (Å²) in [7, 11) is 1.57. The summed E-state index contributed by atoms with van der Waals surface area (Å²) in [4.78, 5) is 60.8. The number of para-hydroxylation sites is 2. The lowest BCUT2D eigenvalue weighted by molar-refractivity contribution is -0.274. The highest BCUT2D eigenvalue weighted by Gasteiger charge is 2.32. The van der Waals surface area contributed by atoms with E-state index in [1.54, 1.807) is 58.8 Å². The normalized spacial score (nSPS) is 11.9. The second kappa shape index (κ2) is 28.4. The Hall–Kier alpha value is -12.6. The fraction of sp³-hybridized carbons (Fsp3) is 0.159. The number of nitrogens with one attached hydrogen (secondary N) is 1. The van der Waals surface area contributed by atoms with E-state index in [0.717, 1.165) is 57.1 Å². The molecule has 0 bridgehead atoms. The SMILES string of the molecule is COc1ccc(-c2nc(Cn3c(O)c(N=O)c4cc(F)ccc43)no2)cc1.Cc1cc(C)c2c(c1)c(N=O)c(O)n2Cc1ccccn1.Cc1cc(Cl)cc2c(N=O)c(O)n(Cc3nc4ccccc4[nH]3)c12.O=Nc1c(O)n(Cc2cc(F)cc3c2OCOC3)c2ccc(OC(F)(F)F)cc12. The van der Waals surface area contributed by atoms with E-state index in [4.69, 9.17) is 30.3 Å². The smallest absolute Gasteiger partial charge is 0.497 e. The molecule has 7 aromatic carbocycles. The topological polar surface area (TPSA) is 336 Å². The number of hydrogen-bond donors (Lipinski definition) is 5. The Labute approximate surface area is 569 Å². The molecule has 26 nitrogen and oxygen atoms in total. The first kappa shape index (κ1) is 68.3. The molecule has 0 radical (unpaired) electrons. The van der Waals surface area contributed by atoms with Crippen LogP contribution in [0, 0.1) is 52.0 Å². The number of benzene rings is 7. The summed E-state index contributed by atoms with van der Waals surface area (Å²) in [6, 6.07) is 37.2. The molecule has 101 heavy (non-hydrogen) atoms. The molecule has 0 atom stereocenters. The third kappa shape index (κ3) is 14.0. The highest BCUT2D eigenvalue weighted by Crippen LogP contribution is 2.46. The molecule has 8 heterocycles. The molecule has 0 spiro atoms. The van der Waals surface area contributed by atoms with E-state index in [-0.39, 0.29) is 89.8 Å². The average molecular weight is 1400 g/mol. The Bertz CT molecular complexity index is 5490. The van der Waals surface area contributed by atoms with Crippen LogP contribution in [0.4, 0.5) is 44.7 Å². The number of aromatic nitrogens is 9. The summed E-state index contributed by atoms with van der Waals surface area (Å²) < 4.78 is 95.5. The van der Waals surface area contributed by atoms with Gasteiger partial charge in [0, 0.05) is 49.5 Å². The summed E-state index contributed by atoms with van der Waals surface area (Å²) in [5.41, 5.74) is 8.51. The van der Waals surface area contributed by atoms with Gasteiger partial charge in [0.1, 0.15) is 34.7 Å². The second-order valence-electron chi connectivity index (χ2n) is 22.8. The zero-order valence-corrected chi connectivity index (χ0v) is 54.0. The van der Waals surface area contributed by atoms with Crippen LogP contribution in [0.15, 0.2) is 171 Å². The van der Waals surface area contributed by atoms with Crippen LogP contribution in [-0.2, 0) is 37.5 Å². The predicted molar refractivity (Wildman–Crippen MR) is 362 cm³/mol. The van der Waals surface area contributed by atoms with Gasteiger partial charge in [-0.1, -0.05) is 46.6 Å². The summed E-state index contributed by atoms with van der Waals surface area (Å²) in [5.74, 6) is -0.621. The van der Waals surface area contributed by atoms with Gasteiger partial charge < -0.3 is 67.1 Å². The lowest BCUT2D eigenvalue weighted by Crippen LogP contribution is -2.17. The van der Waals surface area contributed by atoms with E-state index in [1.165, 1.54) is 39.5 Å². The number of halogens is 6. The van der Waals surface area contributed by atoms with Gasteiger partial charge in [-0.2, -0.15) is 4.98 Å². The number of alkyl halides is 3. The van der Waals surface area contributed by atoms with Crippen LogP contribution < -0.4 is 14.2 Å². The number of aromatic hydroxyl groups is 4. The van der Waals surface area contributed by atoms with Crippen LogP contribution in [0.1, 0.15) is 45.2 Å². The highest BCUT2D eigenvalue weighted by atomic mass is 35.5. The zero-order valence-electron chi connectivity index (χ0n) is 53.2. The van der Waals surface area contributed by atoms with Crippen LogP contribution in [0.2, 0.25) is 5.02 Å². The van der Waals surface area contributed by atoms with Crippen molar-refractivity contribution in [2.24, 2.45) is 20.7 Å². The van der Waals surface area contributed by atoms with Gasteiger partial charge in [-0.05, 0) is 168 Å². The number of H-pyrrole nitrogens is 1. The van der Waals surface area contributed by atoms with Gasteiger partial charge in [-0.15, -0.1) is 32.8 Å². The molecule has 0 fully saturated rings. The third-order valence-electron chi connectivity index (χ3n) is 16.2. The summed E-state index contributed by atoms with van der Waals surface area (Å²) in [6.07, 6.45) is -3.22. The van der Waals surface area contributed by atoms with Crippen molar-refractivity contribution in [3.63, 3.8) is 0 Å². The van der Waals surface area contributed by atoms with Crippen LogP contribution in [0.3, 0.4) is 0 Å². The molecule has 0 saturated heterocycles. The Morgan fingerprint density at radius 1 is 0.614 bits per heavy atom. The molecule has 15 rings (SSSR count). The minimum atomic E-state index is -4.92. The van der Waals surface area contributed by atoms with Crippen LogP contribution in [0.5, 0.6) is 40.8 Å². The molecule has 0 aliphatic carbocycles. The molecular formula is C69H53ClF5N13O13. The standard InChI is InChI=1S/C18H12F4N2O5.C18H13FN4O4.C17H13ClN4O2.C16H15N3O2/c19-11-3-9(16-10(4-11)7-27-8-28-16)6-24-14-2-1-12(29-18(20,21)22)5-13(14)15(23-26)17(24)25;1-26-12-5-2-10(3-6-12)17-20-15(22-27-17)9-23-14-7-4-11(19)8-13(14)16(21-25)18(23)24;1-9-6-10(18)7-11-15(21-24)17(23)22(16(9)11)8-14-19-12-4-2-3-5-13(12)20-14;1-10-7-11(2)15-13(8-10)14(18-21)16(20)19(15)9-12-5-3-4-6-17-12/h1-5,25H,6-8H2;2-8,24H,9H2,1H3;2-7,23H,8H2,1H3,(H,19,20);3-8,20H,9H2,1-2H3. The van der Waals surface area contributed by atoms with Crippen LogP contribution >= 0.6 is 11.6 Å². The van der Waals surface area contributed by atoms with Gasteiger partial charge in [0.25, 0.3) is 5.89 Å². The number of nitroso groups, excluding NO2 is 4. The van der Waals surface area contributed by atoms with E-state index in [2.05, 4.69) is 50.5 Å². The summed E-state index contributed by atoms with van der Waals surface area (Å²) >= 11 is 6.08. The molecule has 14 aromatic rings.